The van der Waals surface area contributed by atoms with Gasteiger partial charge in [-0.3, -0.25) is 9.59 Å². The summed E-state index contributed by atoms with van der Waals surface area (Å²) in [6.45, 7) is 1.04. The van der Waals surface area contributed by atoms with E-state index in [1.165, 1.54) is 4.90 Å². The number of likely N-dealkylation sites (tertiary alicyclic amines) is 1. The lowest BCUT2D eigenvalue weighted by atomic mass is 10.1. The molecular formula is C20H21N3O4. The fraction of sp³-hybridized carbons (Fsp3) is 0.300. The molecule has 1 heterocycles. The maximum atomic E-state index is 12.3. The number of hydrogen-bond acceptors (Lipinski definition) is 5. The highest BCUT2D eigenvalue weighted by Gasteiger charge is 2.36. The number of nitroso groups, excluding NO2 is 1. The van der Waals surface area contributed by atoms with E-state index in [4.69, 9.17) is 0 Å². The van der Waals surface area contributed by atoms with Crippen molar-refractivity contribution in [1.29, 1.82) is 0 Å². The lowest BCUT2D eigenvalue weighted by molar-refractivity contribution is -0.142. The van der Waals surface area contributed by atoms with Crippen LogP contribution in [0, 0.1) is 4.91 Å². The number of aliphatic hydroxyl groups is 1. The molecule has 0 radical (unpaired) electrons. The number of hydrogen-bond donors (Lipinski definition) is 2. The Kier molecular flexibility index (Phi) is 5.93. The van der Waals surface area contributed by atoms with Gasteiger partial charge in [-0.25, -0.2) is 0 Å². The van der Waals surface area contributed by atoms with E-state index >= 15 is 0 Å². The number of benzene rings is 2. The molecule has 27 heavy (non-hydrogen) atoms. The number of rotatable bonds is 6. The van der Waals surface area contributed by atoms with Crippen molar-refractivity contribution < 1.29 is 14.7 Å². The van der Waals surface area contributed by atoms with E-state index in [0.29, 0.717) is 18.8 Å². The highest BCUT2D eigenvalue weighted by Crippen LogP contribution is 2.21. The summed E-state index contributed by atoms with van der Waals surface area (Å²) in [4.78, 5) is 37.1. The van der Waals surface area contributed by atoms with Crippen LogP contribution in [0.25, 0.3) is 11.1 Å². The Morgan fingerprint density at radius 3 is 2.15 bits per heavy atom. The number of nitrogens with zero attached hydrogens (tertiary/aromatic N) is 2. The molecule has 3 rings (SSSR count). The second-order valence-electron chi connectivity index (χ2n) is 6.46. The number of amides is 2. The van der Waals surface area contributed by atoms with E-state index in [1.54, 1.807) is 12.1 Å². The van der Waals surface area contributed by atoms with Crippen LogP contribution in [0.3, 0.4) is 0 Å². The fourth-order valence-corrected chi connectivity index (χ4v) is 3.10. The van der Waals surface area contributed by atoms with Gasteiger partial charge >= 0.3 is 0 Å². The minimum atomic E-state index is -1.77. The first-order valence-corrected chi connectivity index (χ1v) is 8.86. The molecule has 0 spiro atoms. The molecule has 7 heteroatoms. The zero-order chi connectivity index (χ0) is 19.2. The van der Waals surface area contributed by atoms with Gasteiger partial charge in [0.1, 0.15) is 0 Å². The highest BCUT2D eigenvalue weighted by atomic mass is 16.3. The normalized spacial score (nSPS) is 15.8. The van der Waals surface area contributed by atoms with Crippen molar-refractivity contribution >= 4 is 17.5 Å². The molecule has 2 atom stereocenters. The van der Waals surface area contributed by atoms with E-state index in [9.17, 15) is 19.6 Å². The van der Waals surface area contributed by atoms with Crippen molar-refractivity contribution in [3.63, 3.8) is 0 Å². The van der Waals surface area contributed by atoms with Crippen molar-refractivity contribution in [3.8, 4) is 11.1 Å². The van der Waals surface area contributed by atoms with Crippen LogP contribution in [0.5, 0.6) is 0 Å². The van der Waals surface area contributed by atoms with E-state index in [-0.39, 0.29) is 0 Å². The van der Waals surface area contributed by atoms with Crippen LogP contribution in [0.1, 0.15) is 12.8 Å². The third-order valence-electron chi connectivity index (χ3n) is 4.61. The van der Waals surface area contributed by atoms with Crippen LogP contribution in [0.4, 0.5) is 5.69 Å². The molecular weight excluding hydrogens is 346 g/mol. The molecule has 2 N–H and O–H groups in total. The predicted molar refractivity (Wildman–Crippen MR) is 102 cm³/mol. The van der Waals surface area contributed by atoms with Crippen LogP contribution in [-0.2, 0) is 9.59 Å². The van der Waals surface area contributed by atoms with E-state index in [0.717, 1.165) is 24.0 Å². The maximum absolute atomic E-state index is 12.3. The molecule has 2 aromatic carbocycles. The second-order valence-corrected chi connectivity index (χ2v) is 6.46. The van der Waals surface area contributed by atoms with Gasteiger partial charge in [-0.2, -0.15) is 0 Å². The molecule has 2 amide bonds. The summed E-state index contributed by atoms with van der Waals surface area (Å²) in [7, 11) is 0. The van der Waals surface area contributed by atoms with Gasteiger partial charge in [-0.15, -0.1) is 4.91 Å². The Hall–Kier alpha value is -3.06. The molecule has 7 nitrogen and oxygen atoms in total. The Morgan fingerprint density at radius 2 is 1.56 bits per heavy atom. The maximum Gasteiger partial charge on any atom is 0.256 e. The summed E-state index contributed by atoms with van der Waals surface area (Å²) < 4.78 is 0. The summed E-state index contributed by atoms with van der Waals surface area (Å²) in [5.74, 6) is -1.44. The average Bonchev–Trinajstić information content (AvgIpc) is 3.24. The molecule has 0 bridgehead atoms. The summed E-state index contributed by atoms with van der Waals surface area (Å²) in [6, 6.07) is 15.1. The van der Waals surface area contributed by atoms with Crippen molar-refractivity contribution in [2.45, 2.75) is 25.0 Å². The predicted octanol–water partition coefficient (Wildman–Crippen LogP) is 2.41. The Bertz CT molecular complexity index is 802. The minimum Gasteiger partial charge on any atom is -0.380 e. The van der Waals surface area contributed by atoms with Gasteiger partial charge in [0.05, 0.1) is 0 Å². The van der Waals surface area contributed by atoms with Crippen LogP contribution in [0.15, 0.2) is 59.8 Å². The molecule has 1 fully saturated rings. The Morgan fingerprint density at radius 1 is 0.963 bits per heavy atom. The summed E-state index contributed by atoms with van der Waals surface area (Å²) in [5.41, 5.74) is 2.46. The van der Waals surface area contributed by atoms with Gasteiger partial charge in [0.15, 0.2) is 6.10 Å². The quantitative estimate of drug-likeness (QED) is 0.766. The van der Waals surface area contributed by atoms with Gasteiger partial charge in [0, 0.05) is 18.8 Å². The monoisotopic (exact) mass is 367 g/mol. The second kappa shape index (κ2) is 8.55. The van der Waals surface area contributed by atoms with Gasteiger partial charge in [-0.1, -0.05) is 47.6 Å². The van der Waals surface area contributed by atoms with Crippen LogP contribution in [-0.4, -0.2) is 47.1 Å². The molecule has 0 aromatic heterocycles. The highest BCUT2D eigenvalue weighted by molar-refractivity contribution is 5.99. The fourth-order valence-electron chi connectivity index (χ4n) is 3.10. The third-order valence-corrected chi connectivity index (χ3v) is 4.61. The molecule has 0 saturated carbocycles. The van der Waals surface area contributed by atoms with Gasteiger partial charge in [-0.05, 0) is 36.1 Å². The van der Waals surface area contributed by atoms with E-state index < -0.39 is 24.0 Å². The number of carbonyl (C=O) groups excluding carboxylic acids is 2. The standard InChI is InChI=1S/C20H21N3O4/c24-18(20(26)23-12-4-5-13-23)17(22-27)19(25)21-16-10-8-15(9-11-16)14-6-2-1-3-7-14/h1-3,6-11,17-18,24H,4-5,12-13H2,(H,21,25). The van der Waals surface area contributed by atoms with Crippen LogP contribution in [0.2, 0.25) is 0 Å². The van der Waals surface area contributed by atoms with Crippen molar-refractivity contribution in [2.24, 2.45) is 5.18 Å². The first-order chi connectivity index (χ1) is 13.1. The van der Waals surface area contributed by atoms with Gasteiger partial charge < -0.3 is 15.3 Å². The Balaban J connectivity index is 1.65. The van der Waals surface area contributed by atoms with Crippen LogP contribution >= 0.6 is 0 Å². The van der Waals surface area contributed by atoms with Crippen LogP contribution < -0.4 is 5.32 Å². The van der Waals surface area contributed by atoms with Gasteiger partial charge in [0.25, 0.3) is 11.8 Å². The summed E-state index contributed by atoms with van der Waals surface area (Å²) >= 11 is 0. The summed E-state index contributed by atoms with van der Waals surface area (Å²) in [6.07, 6.45) is -0.0842. The lowest BCUT2D eigenvalue weighted by Gasteiger charge is -2.21. The molecule has 2 unspecified atom stereocenters. The minimum absolute atomic E-state index is 0.453. The molecule has 140 valence electrons. The molecule has 2 aromatic rings. The van der Waals surface area contributed by atoms with Crippen molar-refractivity contribution in [3.05, 3.63) is 59.5 Å². The number of carbonyl (C=O) groups is 2. The first kappa shape index (κ1) is 18.7. The molecule has 0 aliphatic carbocycles. The number of aliphatic hydroxyl groups excluding tert-OH is 1. The third kappa shape index (κ3) is 4.38. The molecule has 1 aliphatic rings. The number of anilines is 1. The topological polar surface area (TPSA) is 99.1 Å². The van der Waals surface area contributed by atoms with E-state index in [1.807, 2.05) is 42.5 Å². The zero-order valence-corrected chi connectivity index (χ0v) is 14.7. The molecule has 1 aliphatic heterocycles. The average molecular weight is 367 g/mol. The lowest BCUT2D eigenvalue weighted by Crippen LogP contribution is -2.47. The largest absolute Gasteiger partial charge is 0.380 e. The van der Waals surface area contributed by atoms with Gasteiger partial charge in [0.2, 0.25) is 6.04 Å². The zero-order valence-electron chi connectivity index (χ0n) is 14.7. The van der Waals surface area contributed by atoms with E-state index in [2.05, 4.69) is 10.5 Å². The first-order valence-electron chi connectivity index (χ1n) is 8.86. The number of nitrogens with one attached hydrogen (secondary N) is 1. The Labute approximate surface area is 157 Å². The molecule has 1 saturated heterocycles. The smallest absolute Gasteiger partial charge is 0.256 e. The van der Waals surface area contributed by atoms with Crippen molar-refractivity contribution in [2.75, 3.05) is 18.4 Å². The SMILES string of the molecule is O=NC(C(=O)Nc1ccc(-c2ccccc2)cc1)C(O)C(=O)N1CCCC1. The van der Waals surface area contributed by atoms with Crippen molar-refractivity contribution in [1.82, 2.24) is 4.90 Å². The summed E-state index contributed by atoms with van der Waals surface area (Å²) in [5, 5.41) is 15.3.